The van der Waals surface area contributed by atoms with Crippen molar-refractivity contribution in [3.05, 3.63) is 159 Å². The molecule has 1 heterocycles. The second-order valence-electron chi connectivity index (χ2n) is 12.6. The van der Waals surface area contributed by atoms with Crippen LogP contribution in [0.25, 0.3) is 21.5 Å². The number of nitro groups is 2. The number of aromatic hydroxyl groups is 2. The van der Waals surface area contributed by atoms with E-state index in [9.17, 15) is 30.4 Å². The van der Waals surface area contributed by atoms with E-state index in [1.54, 1.807) is 42.5 Å². The number of phenols is 2. The fourth-order valence-corrected chi connectivity index (χ4v) is 6.28. The summed E-state index contributed by atoms with van der Waals surface area (Å²) in [6.07, 6.45) is 0.627. The molecule has 0 fully saturated rings. The van der Waals surface area contributed by atoms with Gasteiger partial charge in [-0.05, 0) is 53.1 Å². The molecule has 15 heteroatoms. The number of para-hydroxylation sites is 1. The van der Waals surface area contributed by atoms with Crippen molar-refractivity contribution in [1.82, 2.24) is 0 Å². The summed E-state index contributed by atoms with van der Waals surface area (Å²) in [5.41, 5.74) is 0.529. The predicted octanol–water partition coefficient (Wildman–Crippen LogP) is 11.2. The van der Waals surface area contributed by atoms with Crippen molar-refractivity contribution in [1.29, 1.82) is 0 Å². The molecule has 0 saturated carbocycles. The van der Waals surface area contributed by atoms with E-state index in [1.807, 2.05) is 54.6 Å². The first-order valence-corrected chi connectivity index (χ1v) is 17.1. The molecular formula is C41H28N6O9. The van der Waals surface area contributed by atoms with Gasteiger partial charge < -0.3 is 24.4 Å². The van der Waals surface area contributed by atoms with Gasteiger partial charge in [0.1, 0.15) is 40.0 Å². The number of hydrogen-bond donors (Lipinski definition) is 2. The summed E-state index contributed by atoms with van der Waals surface area (Å²) in [6.45, 7) is 0. The number of aryl methyl sites for hydroxylation is 1. The zero-order valence-corrected chi connectivity index (χ0v) is 29.1. The van der Waals surface area contributed by atoms with E-state index in [4.69, 9.17) is 14.2 Å². The molecule has 0 spiro atoms. The summed E-state index contributed by atoms with van der Waals surface area (Å²) in [5.74, 6) is -1.66. The zero-order valence-electron chi connectivity index (χ0n) is 29.1. The van der Waals surface area contributed by atoms with Gasteiger partial charge >= 0.3 is 5.97 Å². The Morgan fingerprint density at radius 2 is 1.07 bits per heavy atom. The Labute approximate surface area is 316 Å². The third-order valence-corrected chi connectivity index (χ3v) is 9.05. The number of fused-ring (bicyclic) bond motifs is 3. The van der Waals surface area contributed by atoms with Crippen LogP contribution >= 0.6 is 0 Å². The molecule has 0 aromatic heterocycles. The highest BCUT2D eigenvalue weighted by atomic mass is 16.9. The van der Waals surface area contributed by atoms with Gasteiger partial charge in [0.25, 0.3) is 11.4 Å². The maximum atomic E-state index is 11.5. The van der Waals surface area contributed by atoms with Crippen LogP contribution in [0.2, 0.25) is 0 Å². The lowest BCUT2D eigenvalue weighted by Crippen LogP contribution is -2.50. The van der Waals surface area contributed by atoms with Gasteiger partial charge in [-0.15, -0.1) is 20.5 Å². The smallest absolute Gasteiger partial charge is 0.417 e. The molecule has 0 bridgehead atoms. The van der Waals surface area contributed by atoms with Crippen molar-refractivity contribution in [2.75, 3.05) is 0 Å². The molecule has 1 aliphatic rings. The molecule has 8 rings (SSSR count). The summed E-state index contributed by atoms with van der Waals surface area (Å²) < 4.78 is 20.1. The second-order valence-corrected chi connectivity index (χ2v) is 12.6. The summed E-state index contributed by atoms with van der Waals surface area (Å²) in [6, 6.07) is 36.0. The average molecular weight is 749 g/mol. The molecule has 2 N–H and O–H groups in total. The van der Waals surface area contributed by atoms with Crippen molar-refractivity contribution < 1.29 is 34.3 Å². The Balaban J connectivity index is 1.26. The lowest BCUT2D eigenvalue weighted by molar-refractivity contribution is -0.385. The van der Waals surface area contributed by atoms with Crippen LogP contribution in [-0.2, 0) is 6.42 Å². The number of hydrogen-bond acceptors (Lipinski definition) is 13. The highest BCUT2D eigenvalue weighted by Gasteiger charge is 2.43. The highest BCUT2D eigenvalue weighted by molar-refractivity contribution is 5.96. The number of non-ortho nitro benzene ring substituents is 2. The number of ether oxygens (including phenoxy) is 3. The van der Waals surface area contributed by atoms with Crippen LogP contribution < -0.4 is 14.2 Å². The van der Waals surface area contributed by atoms with Gasteiger partial charge in [-0.25, -0.2) is 0 Å². The molecule has 0 radical (unpaired) electrons. The van der Waals surface area contributed by atoms with Gasteiger partial charge in [0, 0.05) is 35.0 Å². The summed E-state index contributed by atoms with van der Waals surface area (Å²) in [5, 5.41) is 64.1. The standard InChI is InChI=1S/C41H28N6O9/c48-34-17-15-28(46(50)51)23-32(34)42-44-39-30-10-4-1-7-25(30)13-19-37(39)55-41(22-21-27-9-3-6-12-36(27)54-41)56-38-20-14-26-8-2-5-11-31(26)40(38)45-43-33-24-29(47(52)53)16-18-35(33)49/h1-20,23-24,48-49H,21-22H2. The fraction of sp³-hybridized carbons (Fsp3) is 0.0732. The molecule has 276 valence electrons. The van der Waals surface area contributed by atoms with Crippen molar-refractivity contribution >= 4 is 55.7 Å². The lowest BCUT2D eigenvalue weighted by Gasteiger charge is -2.38. The lowest BCUT2D eigenvalue weighted by atomic mass is 10.0. The van der Waals surface area contributed by atoms with Crippen molar-refractivity contribution in [3.8, 4) is 28.7 Å². The topological polar surface area (TPSA) is 204 Å². The summed E-state index contributed by atoms with van der Waals surface area (Å²) in [7, 11) is 0. The quantitative estimate of drug-likeness (QED) is 0.0590. The van der Waals surface area contributed by atoms with Gasteiger partial charge in [-0.3, -0.25) is 20.2 Å². The number of benzene rings is 7. The minimum Gasteiger partial charge on any atom is -0.506 e. The van der Waals surface area contributed by atoms with Crippen LogP contribution in [0, 0.1) is 20.2 Å². The third-order valence-electron chi connectivity index (χ3n) is 9.05. The highest BCUT2D eigenvalue weighted by Crippen LogP contribution is 2.46. The van der Waals surface area contributed by atoms with Gasteiger partial charge in [-0.1, -0.05) is 78.9 Å². The van der Waals surface area contributed by atoms with E-state index >= 15 is 0 Å². The van der Waals surface area contributed by atoms with Gasteiger partial charge in [0.05, 0.1) is 16.3 Å². The van der Waals surface area contributed by atoms with E-state index in [0.29, 0.717) is 22.9 Å². The maximum absolute atomic E-state index is 11.5. The Kier molecular flexibility index (Phi) is 9.07. The van der Waals surface area contributed by atoms with Crippen molar-refractivity contribution in [3.63, 3.8) is 0 Å². The van der Waals surface area contributed by atoms with Gasteiger partial charge in [0.2, 0.25) is 0 Å². The van der Waals surface area contributed by atoms with E-state index < -0.39 is 15.8 Å². The van der Waals surface area contributed by atoms with Crippen LogP contribution in [0.5, 0.6) is 28.7 Å². The Bertz CT molecular complexity index is 2600. The molecule has 0 atom stereocenters. The number of nitro benzene ring substituents is 2. The second kappa shape index (κ2) is 14.5. The van der Waals surface area contributed by atoms with Crippen LogP contribution in [0.3, 0.4) is 0 Å². The minimum absolute atomic E-state index is 0.132. The SMILES string of the molecule is O=[N+]([O-])c1ccc(O)c(N=Nc2c(OC3(Oc4ccc5ccccc5c4N=Nc4cc([N+](=O)[O-])ccc4O)CCc4ccccc4O3)ccc3ccccc23)c1. The molecule has 7 aromatic carbocycles. The monoisotopic (exact) mass is 748 g/mol. The first kappa shape index (κ1) is 35.1. The molecule has 15 nitrogen and oxygen atoms in total. The molecule has 7 aromatic rings. The molecule has 0 amide bonds. The van der Waals surface area contributed by atoms with Crippen LogP contribution in [-0.4, -0.2) is 26.0 Å². The first-order chi connectivity index (χ1) is 27.2. The number of phenolic OH excluding ortho intramolecular Hbond substituents is 2. The predicted molar refractivity (Wildman–Crippen MR) is 205 cm³/mol. The van der Waals surface area contributed by atoms with Crippen molar-refractivity contribution in [2.45, 2.75) is 18.8 Å². The summed E-state index contributed by atoms with van der Waals surface area (Å²) >= 11 is 0. The first-order valence-electron chi connectivity index (χ1n) is 17.1. The molecule has 0 saturated heterocycles. The van der Waals surface area contributed by atoms with Crippen molar-refractivity contribution in [2.24, 2.45) is 20.5 Å². The molecule has 0 aliphatic carbocycles. The molecule has 56 heavy (non-hydrogen) atoms. The third kappa shape index (κ3) is 6.94. The minimum atomic E-state index is -1.87. The Hall–Kier alpha value is -7.94. The molecule has 0 unspecified atom stereocenters. The normalized spacial score (nSPS) is 15.1. The van der Waals surface area contributed by atoms with Crippen LogP contribution in [0.15, 0.2) is 154 Å². The summed E-state index contributed by atoms with van der Waals surface area (Å²) in [4.78, 5) is 21.8. The van der Waals surface area contributed by atoms with Crippen LogP contribution in [0.1, 0.15) is 12.0 Å². The average Bonchev–Trinajstić information content (AvgIpc) is 3.20. The zero-order chi connectivity index (χ0) is 38.8. The van der Waals surface area contributed by atoms with Gasteiger partial charge in [0.15, 0.2) is 11.5 Å². The number of azo groups is 2. The van der Waals surface area contributed by atoms with E-state index in [2.05, 4.69) is 20.5 Å². The van der Waals surface area contributed by atoms with E-state index in [1.165, 1.54) is 12.1 Å². The number of nitrogens with zero attached hydrogens (tertiary/aromatic N) is 6. The van der Waals surface area contributed by atoms with E-state index in [-0.39, 0.29) is 63.5 Å². The fourth-order valence-electron chi connectivity index (χ4n) is 6.28. The maximum Gasteiger partial charge on any atom is 0.417 e. The molecule has 1 aliphatic heterocycles. The molecular weight excluding hydrogens is 720 g/mol. The van der Waals surface area contributed by atoms with Gasteiger partial charge in [-0.2, -0.15) is 0 Å². The Morgan fingerprint density at radius 3 is 1.59 bits per heavy atom. The van der Waals surface area contributed by atoms with Crippen LogP contribution in [0.4, 0.5) is 34.1 Å². The largest absolute Gasteiger partial charge is 0.506 e. The van der Waals surface area contributed by atoms with E-state index in [0.717, 1.165) is 40.6 Å². The Morgan fingerprint density at radius 1 is 0.589 bits per heavy atom. The number of rotatable bonds is 10.